The largest absolute Gasteiger partial charge is 0.463 e. The minimum atomic E-state index is -1.76. The first kappa shape index (κ1) is 21.4. The van der Waals surface area contributed by atoms with Crippen molar-refractivity contribution in [1.29, 1.82) is 0 Å². The van der Waals surface area contributed by atoms with Crippen LogP contribution >= 0.6 is 0 Å². The van der Waals surface area contributed by atoms with Crippen molar-refractivity contribution in [2.45, 2.75) is 68.3 Å². The minimum Gasteiger partial charge on any atom is -0.463 e. The van der Waals surface area contributed by atoms with Crippen molar-refractivity contribution in [2.75, 3.05) is 13.2 Å². The van der Waals surface area contributed by atoms with Crippen molar-refractivity contribution in [1.82, 2.24) is 0 Å². The van der Waals surface area contributed by atoms with Crippen molar-refractivity contribution in [3.63, 3.8) is 0 Å². The second-order valence-electron chi connectivity index (χ2n) is 6.15. The molecule has 0 aliphatic carbocycles. The average Bonchev–Trinajstić information content (AvgIpc) is 2.60. The fourth-order valence-electron chi connectivity index (χ4n) is 2.76. The highest BCUT2D eigenvalue weighted by Gasteiger charge is 2.50. The molecule has 0 spiro atoms. The lowest BCUT2D eigenvalue weighted by Gasteiger charge is -2.45. The molecule has 7 N–H and O–H groups in total. The summed E-state index contributed by atoms with van der Waals surface area (Å²) in [6.07, 6.45) is -15.8. The van der Waals surface area contributed by atoms with Crippen molar-refractivity contribution in [3.8, 4) is 0 Å². The van der Waals surface area contributed by atoms with Gasteiger partial charge in [-0.1, -0.05) is 0 Å². The van der Waals surface area contributed by atoms with Crippen molar-refractivity contribution < 1.29 is 59.5 Å². The third kappa shape index (κ3) is 4.48. The van der Waals surface area contributed by atoms with Gasteiger partial charge in [-0.15, -0.1) is 0 Å². The summed E-state index contributed by atoms with van der Waals surface area (Å²) in [6.45, 7) is -0.00621. The summed E-state index contributed by atoms with van der Waals surface area (Å²) >= 11 is 0. The number of hydrogen-bond acceptors (Lipinski definition) is 12. The molecule has 10 atom stereocenters. The smallest absolute Gasteiger partial charge is 0.302 e. The summed E-state index contributed by atoms with van der Waals surface area (Å²) < 4.78 is 20.3. The molecular formula is C14H24O12. The molecule has 2 aliphatic heterocycles. The van der Waals surface area contributed by atoms with Crippen LogP contribution in [0.2, 0.25) is 0 Å². The number of carbonyl (C=O) groups excluding carboxylic acids is 1. The number of aliphatic hydroxyl groups excluding tert-OH is 7. The predicted octanol–water partition coefficient (Wildman–Crippen LogP) is -4.83. The van der Waals surface area contributed by atoms with Crippen LogP contribution in [0.4, 0.5) is 0 Å². The second kappa shape index (κ2) is 8.84. The molecule has 0 saturated carbocycles. The fourth-order valence-corrected chi connectivity index (χ4v) is 2.76. The molecule has 0 amide bonds. The lowest BCUT2D eigenvalue weighted by atomic mass is 9.97. The summed E-state index contributed by atoms with van der Waals surface area (Å²) in [6, 6.07) is 0. The third-order valence-electron chi connectivity index (χ3n) is 4.25. The molecule has 0 aromatic carbocycles. The molecule has 2 aliphatic rings. The van der Waals surface area contributed by atoms with Crippen LogP contribution in [0.15, 0.2) is 0 Å². The van der Waals surface area contributed by atoms with Crippen LogP contribution in [0.25, 0.3) is 0 Å². The van der Waals surface area contributed by atoms with Crippen molar-refractivity contribution in [2.24, 2.45) is 0 Å². The summed E-state index contributed by atoms with van der Waals surface area (Å²) in [5.41, 5.74) is 0. The number of aliphatic hydroxyl groups is 7. The number of carbonyl (C=O) groups is 1. The molecule has 2 heterocycles. The molecule has 0 bridgehead atoms. The van der Waals surface area contributed by atoms with Gasteiger partial charge >= 0.3 is 5.97 Å². The molecule has 26 heavy (non-hydrogen) atoms. The number of ether oxygens (including phenoxy) is 4. The van der Waals surface area contributed by atoms with Crippen LogP contribution in [0.5, 0.6) is 0 Å². The number of hydrogen-bond donors (Lipinski definition) is 7. The Morgan fingerprint density at radius 1 is 0.885 bits per heavy atom. The van der Waals surface area contributed by atoms with Crippen LogP contribution in [-0.4, -0.2) is 116 Å². The van der Waals surface area contributed by atoms with Crippen LogP contribution < -0.4 is 0 Å². The Hall–Kier alpha value is -0.930. The van der Waals surface area contributed by atoms with Crippen molar-refractivity contribution >= 4 is 5.97 Å². The van der Waals surface area contributed by atoms with Gasteiger partial charge in [-0.2, -0.15) is 0 Å². The summed E-state index contributed by atoms with van der Waals surface area (Å²) in [5, 5.41) is 68.4. The third-order valence-corrected chi connectivity index (χ3v) is 4.25. The Morgan fingerprint density at radius 2 is 1.54 bits per heavy atom. The van der Waals surface area contributed by atoms with Crippen LogP contribution in [-0.2, 0) is 23.7 Å². The van der Waals surface area contributed by atoms with Crippen LogP contribution in [0, 0.1) is 0 Å². The Labute approximate surface area is 148 Å². The van der Waals surface area contributed by atoms with Gasteiger partial charge in [0, 0.05) is 6.92 Å². The first-order valence-electron chi connectivity index (χ1n) is 7.96. The van der Waals surface area contributed by atoms with Crippen LogP contribution in [0.3, 0.4) is 0 Å². The maximum Gasteiger partial charge on any atom is 0.302 e. The van der Waals surface area contributed by atoms with Crippen LogP contribution in [0.1, 0.15) is 6.92 Å². The van der Waals surface area contributed by atoms with E-state index in [0.29, 0.717) is 0 Å². The maximum absolute atomic E-state index is 10.9. The summed E-state index contributed by atoms with van der Waals surface area (Å²) in [5.74, 6) is -0.660. The number of rotatable bonds is 5. The Morgan fingerprint density at radius 3 is 2.12 bits per heavy atom. The van der Waals surface area contributed by atoms with Gasteiger partial charge in [0.25, 0.3) is 0 Å². The van der Waals surface area contributed by atoms with E-state index in [1.807, 2.05) is 0 Å². The zero-order valence-corrected chi connectivity index (χ0v) is 13.9. The van der Waals surface area contributed by atoms with Gasteiger partial charge < -0.3 is 54.7 Å². The monoisotopic (exact) mass is 384 g/mol. The maximum atomic E-state index is 10.9. The fraction of sp³-hybridized carbons (Fsp3) is 0.929. The predicted molar refractivity (Wildman–Crippen MR) is 78.2 cm³/mol. The summed E-state index contributed by atoms with van der Waals surface area (Å²) in [4.78, 5) is 10.9. The van der Waals surface area contributed by atoms with Gasteiger partial charge in [-0.05, 0) is 0 Å². The SMILES string of the molecule is CC(=O)OC[C@H]1O[C@@H](O[C@H]2[C@H](O)[C@@H](O)C(O)O[C@@H]2CO)[C@H](O)[C@@H](O)[C@H]1O. The van der Waals surface area contributed by atoms with E-state index < -0.39 is 80.6 Å². The highest BCUT2D eigenvalue weighted by atomic mass is 16.7. The molecule has 12 heteroatoms. The Balaban J connectivity index is 2.10. The molecule has 152 valence electrons. The lowest BCUT2D eigenvalue weighted by Crippen LogP contribution is -2.64. The summed E-state index contributed by atoms with van der Waals surface area (Å²) in [7, 11) is 0. The topological polar surface area (TPSA) is 196 Å². The molecule has 12 nitrogen and oxygen atoms in total. The van der Waals surface area contributed by atoms with E-state index in [0.717, 1.165) is 6.92 Å². The molecular weight excluding hydrogens is 360 g/mol. The van der Waals surface area contributed by atoms with Gasteiger partial charge in [0.05, 0.1) is 6.61 Å². The standard InChI is InChI=1S/C14H24O12/c1-4(16)23-3-6-7(17)8(18)11(21)14(25-6)26-12-5(2-15)24-13(22)10(20)9(12)19/h5-15,17-22H,2-3H2,1H3/t5-,6-,7+,8+,9-,10-,11-,12-,13?,14+/m1/s1. The average molecular weight is 384 g/mol. The van der Waals surface area contributed by atoms with Gasteiger partial charge in [-0.25, -0.2) is 0 Å². The highest BCUT2D eigenvalue weighted by molar-refractivity contribution is 5.65. The van der Waals surface area contributed by atoms with E-state index in [1.54, 1.807) is 0 Å². The molecule has 2 saturated heterocycles. The van der Waals surface area contributed by atoms with Gasteiger partial charge in [0.15, 0.2) is 12.6 Å². The van der Waals surface area contributed by atoms with Gasteiger partial charge in [0.2, 0.25) is 0 Å². The Bertz CT molecular complexity index is 473. The highest BCUT2D eigenvalue weighted by Crippen LogP contribution is 2.28. The first-order valence-corrected chi connectivity index (χ1v) is 7.96. The van der Waals surface area contributed by atoms with Gasteiger partial charge in [-0.3, -0.25) is 4.79 Å². The van der Waals surface area contributed by atoms with E-state index in [9.17, 15) is 40.5 Å². The molecule has 1 unspecified atom stereocenters. The molecule has 2 fully saturated rings. The first-order chi connectivity index (χ1) is 12.2. The minimum absolute atomic E-state index is 0.436. The van der Waals surface area contributed by atoms with E-state index in [1.165, 1.54) is 0 Å². The number of esters is 1. The zero-order valence-electron chi connectivity index (χ0n) is 13.9. The van der Waals surface area contributed by atoms with Crippen molar-refractivity contribution in [3.05, 3.63) is 0 Å². The zero-order chi connectivity index (χ0) is 19.6. The Kier molecular flexibility index (Phi) is 7.27. The van der Waals surface area contributed by atoms with E-state index >= 15 is 0 Å². The second-order valence-corrected chi connectivity index (χ2v) is 6.15. The molecule has 2 rings (SSSR count). The lowest BCUT2D eigenvalue weighted by molar-refractivity contribution is -0.355. The molecule has 0 radical (unpaired) electrons. The van der Waals surface area contributed by atoms with E-state index in [4.69, 9.17) is 18.9 Å². The van der Waals surface area contributed by atoms with Gasteiger partial charge in [0.1, 0.15) is 55.4 Å². The van der Waals surface area contributed by atoms with E-state index in [2.05, 4.69) is 0 Å². The normalized spacial score (nSPS) is 46.8. The van der Waals surface area contributed by atoms with E-state index in [-0.39, 0.29) is 0 Å². The molecule has 0 aromatic rings. The quantitative estimate of drug-likeness (QED) is 0.224. The molecule has 0 aromatic heterocycles.